The van der Waals surface area contributed by atoms with Crippen molar-refractivity contribution in [3.8, 4) is 0 Å². The highest BCUT2D eigenvalue weighted by molar-refractivity contribution is 5.92. The zero-order valence-electron chi connectivity index (χ0n) is 28.2. The number of H-pyrrole nitrogens is 1. The molecule has 0 radical (unpaired) electrons. The first-order valence-electron chi connectivity index (χ1n) is 16.3. The number of halogens is 3. The first kappa shape index (κ1) is 36.3. The lowest BCUT2D eigenvalue weighted by atomic mass is 9.86. The van der Waals surface area contributed by atoms with E-state index in [-0.39, 0.29) is 29.8 Å². The van der Waals surface area contributed by atoms with E-state index in [1.807, 2.05) is 13.8 Å². The molecule has 48 heavy (non-hydrogen) atoms. The number of carbonyl (C=O) groups excluding carboxylic acids is 1. The van der Waals surface area contributed by atoms with E-state index in [0.29, 0.717) is 37.1 Å². The maximum absolute atomic E-state index is 15.0. The number of aromatic amines is 1. The molecule has 1 saturated heterocycles. The Morgan fingerprint density at radius 1 is 1.15 bits per heavy atom. The molecule has 3 N–H and O–H groups in total. The number of hydrogen-bond donors (Lipinski definition) is 3. The van der Waals surface area contributed by atoms with Gasteiger partial charge in [0.15, 0.2) is 0 Å². The third-order valence-corrected chi connectivity index (χ3v) is 8.40. The maximum Gasteiger partial charge on any atom is 0.225 e. The van der Waals surface area contributed by atoms with Gasteiger partial charge in [-0.1, -0.05) is 50.8 Å². The summed E-state index contributed by atoms with van der Waals surface area (Å²) in [5.74, 6) is -1.93. The molecule has 1 aliphatic heterocycles. The van der Waals surface area contributed by atoms with Gasteiger partial charge < -0.3 is 20.4 Å². The monoisotopic (exact) mass is 659 g/mol. The number of imidazole rings is 1. The van der Waals surface area contributed by atoms with Crippen LogP contribution in [0.25, 0.3) is 11.0 Å². The van der Waals surface area contributed by atoms with Gasteiger partial charge in [0.1, 0.15) is 23.3 Å². The summed E-state index contributed by atoms with van der Waals surface area (Å²) in [7, 11) is 0. The Balaban J connectivity index is 0.00000255. The Morgan fingerprint density at radius 2 is 1.88 bits per heavy atom. The third-order valence-electron chi connectivity index (χ3n) is 8.40. The predicted octanol–water partition coefficient (Wildman–Crippen LogP) is 8.64. The molecular formula is C38H44F3N5O2. The Labute approximate surface area is 280 Å². The van der Waals surface area contributed by atoms with Gasteiger partial charge in [0.2, 0.25) is 5.91 Å². The van der Waals surface area contributed by atoms with E-state index in [2.05, 4.69) is 53.2 Å². The Morgan fingerprint density at radius 3 is 2.54 bits per heavy atom. The molecule has 0 unspecified atom stereocenters. The van der Waals surface area contributed by atoms with Gasteiger partial charge in [-0.2, -0.15) is 0 Å². The summed E-state index contributed by atoms with van der Waals surface area (Å²) >= 11 is 0. The Hall–Kier alpha value is -4.54. The van der Waals surface area contributed by atoms with Crippen LogP contribution in [0.2, 0.25) is 0 Å². The van der Waals surface area contributed by atoms with Gasteiger partial charge in [0.25, 0.3) is 0 Å². The lowest BCUT2D eigenvalue weighted by Gasteiger charge is -2.29. The van der Waals surface area contributed by atoms with E-state index in [0.717, 1.165) is 23.1 Å². The molecule has 1 amide bonds. The van der Waals surface area contributed by atoms with Crippen molar-refractivity contribution in [2.75, 3.05) is 18.5 Å². The molecule has 5 rings (SSSR count). The SMILES string of the molecule is C=C/C=C(\C(F)=C/C)[C@@H](CC(=O)Nc1cncc(F)c1CC[C@@H]1CN[C@H](c2nc3cc(C)c(C)cc3[nH]2)CO1)c1ccc(F)cc1.CC. The number of amides is 1. The van der Waals surface area contributed by atoms with Crippen LogP contribution in [0.5, 0.6) is 0 Å². The summed E-state index contributed by atoms with van der Waals surface area (Å²) in [6.07, 6.45) is 7.16. The molecule has 2 aromatic heterocycles. The number of hydrogen-bond acceptors (Lipinski definition) is 5. The zero-order chi connectivity index (χ0) is 34.8. The van der Waals surface area contributed by atoms with E-state index in [9.17, 15) is 13.6 Å². The van der Waals surface area contributed by atoms with E-state index >= 15 is 4.39 Å². The number of fused-ring (bicyclic) bond motifs is 1. The van der Waals surface area contributed by atoms with Gasteiger partial charge in [-0.15, -0.1) is 0 Å². The molecule has 10 heteroatoms. The molecule has 0 saturated carbocycles. The number of benzene rings is 2. The summed E-state index contributed by atoms with van der Waals surface area (Å²) in [6.45, 7) is 14.3. The van der Waals surface area contributed by atoms with Crippen molar-refractivity contribution in [1.82, 2.24) is 20.3 Å². The molecule has 0 spiro atoms. The second-order valence-electron chi connectivity index (χ2n) is 11.5. The number of aromatic nitrogens is 3. The van der Waals surface area contributed by atoms with Crippen molar-refractivity contribution in [2.24, 2.45) is 0 Å². The maximum atomic E-state index is 15.0. The second kappa shape index (κ2) is 17.0. The zero-order valence-corrected chi connectivity index (χ0v) is 28.2. The number of nitrogens with zero attached hydrogens (tertiary/aromatic N) is 2. The summed E-state index contributed by atoms with van der Waals surface area (Å²) in [5, 5.41) is 6.26. The first-order chi connectivity index (χ1) is 23.2. The van der Waals surface area contributed by atoms with Gasteiger partial charge in [-0.25, -0.2) is 18.2 Å². The molecule has 3 heterocycles. The summed E-state index contributed by atoms with van der Waals surface area (Å²) < 4.78 is 49.8. The first-order valence-corrected chi connectivity index (χ1v) is 16.3. The minimum absolute atomic E-state index is 0.0988. The average Bonchev–Trinajstić information content (AvgIpc) is 3.50. The third kappa shape index (κ3) is 8.87. The van der Waals surface area contributed by atoms with Crippen LogP contribution in [0.3, 0.4) is 0 Å². The number of anilines is 1. The smallest absolute Gasteiger partial charge is 0.225 e. The molecule has 1 fully saturated rings. The number of pyridine rings is 1. The van der Waals surface area contributed by atoms with Crippen LogP contribution < -0.4 is 10.6 Å². The Kier molecular flexibility index (Phi) is 12.9. The molecular weight excluding hydrogens is 615 g/mol. The topological polar surface area (TPSA) is 91.9 Å². The minimum Gasteiger partial charge on any atom is -0.375 e. The highest BCUT2D eigenvalue weighted by Gasteiger charge is 2.27. The number of allylic oxidation sites excluding steroid dienone is 5. The van der Waals surface area contributed by atoms with Gasteiger partial charge in [0, 0.05) is 24.4 Å². The lowest BCUT2D eigenvalue weighted by Crippen LogP contribution is -2.41. The normalized spacial score (nSPS) is 17.4. The minimum atomic E-state index is -0.741. The van der Waals surface area contributed by atoms with Crippen molar-refractivity contribution in [2.45, 2.75) is 71.9 Å². The van der Waals surface area contributed by atoms with Crippen molar-refractivity contribution < 1.29 is 22.7 Å². The lowest BCUT2D eigenvalue weighted by molar-refractivity contribution is -0.116. The summed E-state index contributed by atoms with van der Waals surface area (Å²) in [4.78, 5) is 25.4. The molecule has 3 atom stereocenters. The van der Waals surface area contributed by atoms with Crippen molar-refractivity contribution >= 4 is 22.6 Å². The molecule has 0 bridgehead atoms. The van der Waals surface area contributed by atoms with Crippen molar-refractivity contribution in [1.29, 1.82) is 0 Å². The van der Waals surface area contributed by atoms with Crippen LogP contribution >= 0.6 is 0 Å². The fourth-order valence-corrected chi connectivity index (χ4v) is 5.71. The van der Waals surface area contributed by atoms with Crippen LogP contribution in [-0.2, 0) is 16.0 Å². The molecule has 4 aromatic rings. The fraction of sp³-hybridized carbons (Fsp3) is 0.342. The van der Waals surface area contributed by atoms with E-state index in [1.54, 1.807) is 6.92 Å². The number of morpholine rings is 1. The van der Waals surface area contributed by atoms with Crippen LogP contribution in [0, 0.1) is 25.5 Å². The molecule has 0 aliphatic carbocycles. The van der Waals surface area contributed by atoms with Crippen LogP contribution in [0.1, 0.15) is 73.7 Å². The second-order valence-corrected chi connectivity index (χ2v) is 11.5. The van der Waals surface area contributed by atoms with Crippen LogP contribution in [0.4, 0.5) is 18.9 Å². The van der Waals surface area contributed by atoms with Gasteiger partial charge in [-0.3, -0.25) is 9.78 Å². The van der Waals surface area contributed by atoms with Crippen molar-refractivity contribution in [3.05, 3.63) is 125 Å². The van der Waals surface area contributed by atoms with Gasteiger partial charge in [-0.05, 0) is 80.1 Å². The van der Waals surface area contributed by atoms with Gasteiger partial charge in [0.05, 0.1) is 47.9 Å². The number of carbonyl (C=O) groups is 1. The number of rotatable bonds is 11. The molecule has 7 nitrogen and oxygen atoms in total. The number of aryl methyl sites for hydroxylation is 2. The molecule has 254 valence electrons. The largest absolute Gasteiger partial charge is 0.375 e. The molecule has 2 aromatic carbocycles. The molecule has 1 aliphatic rings. The van der Waals surface area contributed by atoms with Crippen LogP contribution in [0.15, 0.2) is 85.0 Å². The van der Waals surface area contributed by atoms with Crippen LogP contribution in [-0.4, -0.2) is 40.1 Å². The Bertz CT molecular complexity index is 1730. The summed E-state index contributed by atoms with van der Waals surface area (Å²) in [5.41, 5.74) is 5.58. The van der Waals surface area contributed by atoms with E-state index < -0.39 is 29.3 Å². The highest BCUT2D eigenvalue weighted by Crippen LogP contribution is 2.34. The standard InChI is InChI=1S/C36H38F3N5O2.C2H6/c1-5-7-26(29(38)6-2)28(23-8-10-24(37)11-9-23)16-35(45)42-33-19-40-18-30(39)27(33)13-12-25-17-41-34(20-46-25)36-43-31-14-21(3)22(4)15-32(31)44-36;1-2/h5-11,14-15,18-19,25,28,34,41H,1,12-13,16-17,20H2,2-4H3,(H,42,45)(H,43,44);1-2H3/b26-7-,29-6+;/t25-,28+,34+;/m1./s1. The van der Waals surface area contributed by atoms with E-state index in [1.165, 1.54) is 59.8 Å². The van der Waals surface area contributed by atoms with Gasteiger partial charge >= 0.3 is 0 Å². The number of ether oxygens (including phenoxy) is 1. The van der Waals surface area contributed by atoms with Crippen molar-refractivity contribution in [3.63, 3.8) is 0 Å². The average molecular weight is 660 g/mol. The number of nitrogens with one attached hydrogen (secondary N) is 3. The highest BCUT2D eigenvalue weighted by atomic mass is 19.1. The quantitative estimate of drug-likeness (QED) is 0.140. The van der Waals surface area contributed by atoms with E-state index in [4.69, 9.17) is 9.72 Å². The fourth-order valence-electron chi connectivity index (χ4n) is 5.71. The summed E-state index contributed by atoms with van der Waals surface area (Å²) in [6, 6.07) is 9.61. The predicted molar refractivity (Wildman–Crippen MR) is 185 cm³/mol.